The predicted molar refractivity (Wildman–Crippen MR) is 315 cm³/mol. The molecule has 5 nitrogen and oxygen atoms in total. The van der Waals surface area contributed by atoms with Crippen LogP contribution in [-0.2, 0) is 37.3 Å². The molecule has 0 unspecified atom stereocenters. The summed E-state index contributed by atoms with van der Waals surface area (Å²) >= 11 is 0. The van der Waals surface area contributed by atoms with Crippen molar-refractivity contribution < 1.29 is 63.3 Å². The van der Waals surface area contributed by atoms with E-state index in [1.165, 1.54) is 16.7 Å². The zero-order valence-electron chi connectivity index (χ0n) is 65.9. The first kappa shape index (κ1) is 29.6. The van der Waals surface area contributed by atoms with Gasteiger partial charge >= 0.3 is 0 Å². The third kappa shape index (κ3) is 8.00. The molecule has 0 fully saturated rings. The van der Waals surface area contributed by atoms with Crippen molar-refractivity contribution in [3.63, 3.8) is 0 Å². The van der Waals surface area contributed by atoms with Gasteiger partial charge in [0.05, 0.1) is 27.7 Å². The summed E-state index contributed by atoms with van der Waals surface area (Å²) in [6, 6.07) is 42.0. The Bertz CT molecular complexity index is 5470. The van der Waals surface area contributed by atoms with E-state index in [1.54, 1.807) is 102 Å². The topological polar surface area (TPSA) is 35.9 Å². The number of fused-ring (bicyclic) bond motifs is 11. The van der Waals surface area contributed by atoms with Gasteiger partial charge in [-0.25, -0.2) is 4.98 Å². The molecule has 0 spiro atoms. The molecule has 0 bridgehead atoms. The third-order valence-electron chi connectivity index (χ3n) is 14.4. The molecule has 1 aliphatic carbocycles. The van der Waals surface area contributed by atoms with Gasteiger partial charge in [0.2, 0.25) is 0 Å². The van der Waals surface area contributed by atoms with Gasteiger partial charge in [0.1, 0.15) is 5.82 Å². The second kappa shape index (κ2) is 18.5. The van der Waals surface area contributed by atoms with Crippen molar-refractivity contribution in [3.05, 3.63) is 235 Å². The van der Waals surface area contributed by atoms with Crippen LogP contribution in [0.25, 0.3) is 106 Å². The fourth-order valence-electron chi connectivity index (χ4n) is 10.9. The van der Waals surface area contributed by atoms with Crippen LogP contribution in [0.15, 0.2) is 200 Å². The van der Waals surface area contributed by atoms with Crippen molar-refractivity contribution in [2.24, 2.45) is 0 Å². The van der Waals surface area contributed by atoms with Gasteiger partial charge in [0, 0.05) is 66.2 Å². The van der Waals surface area contributed by atoms with E-state index in [0.717, 1.165) is 21.9 Å². The van der Waals surface area contributed by atoms with Crippen LogP contribution in [0.2, 0.25) is 0 Å². The van der Waals surface area contributed by atoms with E-state index in [4.69, 9.17) is 30.3 Å². The monoisotopic (exact) mass is 1210 g/mol. The molecule has 3 aromatic heterocycles. The van der Waals surface area contributed by atoms with Gasteiger partial charge in [0.15, 0.2) is 0 Å². The van der Waals surface area contributed by atoms with Crippen molar-refractivity contribution in [2.75, 3.05) is 0 Å². The molecule has 78 heavy (non-hydrogen) atoms. The number of ether oxygens (including phenoxy) is 1. The molecule has 0 radical (unpaired) electrons. The van der Waals surface area contributed by atoms with Crippen LogP contribution in [0.4, 0.5) is 0 Å². The molecule has 0 atom stereocenters. The fraction of sp³-hybridized carbons (Fsp3) is 0.167. The van der Waals surface area contributed by atoms with Gasteiger partial charge in [-0.1, -0.05) is 199 Å². The molecule has 1 aliphatic heterocycles. The maximum atomic E-state index is 10.4. The first-order chi connectivity index (χ1) is 47.2. The maximum Gasteiger partial charge on any atom is 0.268 e. The minimum Gasteiger partial charge on any atom is -0.510 e. The Labute approximate surface area is 505 Å². The van der Waals surface area contributed by atoms with E-state index in [9.17, 15) is 12.3 Å². The van der Waals surface area contributed by atoms with Gasteiger partial charge < -0.3 is 13.9 Å². The van der Waals surface area contributed by atoms with Gasteiger partial charge in [0.25, 0.3) is 6.33 Å². The van der Waals surface area contributed by atoms with Crippen LogP contribution >= 0.6 is 0 Å². The van der Waals surface area contributed by atoms with Crippen LogP contribution in [0.3, 0.4) is 0 Å². The van der Waals surface area contributed by atoms with E-state index in [0.29, 0.717) is 44.7 Å². The van der Waals surface area contributed by atoms with Crippen LogP contribution in [-0.4, -0.2) is 14.1 Å². The Kier molecular flexibility index (Phi) is 7.03. The summed E-state index contributed by atoms with van der Waals surface area (Å²) < 4.78 is 234. The van der Waals surface area contributed by atoms with Crippen LogP contribution < -0.4 is 9.30 Å². The van der Waals surface area contributed by atoms with Gasteiger partial charge in [-0.15, -0.1) is 29.7 Å². The summed E-state index contributed by atoms with van der Waals surface area (Å²) in [6.45, 7) is -10.9. The Balaban J connectivity index is 0.00000928. The number of hydrogen-bond acceptors (Lipinski definition) is 2. The molecular formula is C72H58N4OPt-2. The van der Waals surface area contributed by atoms with Crippen molar-refractivity contribution >= 4 is 32.8 Å². The number of aromatic nitrogens is 4. The number of benzene rings is 9. The van der Waals surface area contributed by atoms with E-state index in [2.05, 4.69) is 39.2 Å². The standard InChI is InChI=1S/C72H58N4O.Pt/c1-70(2,3)48-37-40-73-66(42-48)76-63-31-14-13-25-56(63)57-35-34-51(44-65(57)76)77-50-22-15-21-49(43-50)74-45-75-68-53(47-33-36-61-62(41-47)72(6,7)39-38-71(61,4)5)27-17-29-59(68)55-24-12-11-23-54(55)58-28-16-26-52(46-19-9-8-10-20-46)67(58)60-30-18-32-64(74)69(60)75;/h8-37,40-42H,38-39H2,1-7H3;/q-2;/i4D3,5D3,6D3,7D3,8D,9D,10D,19D,20D,33D,36D,38D2,39D2,41D;. The Morgan fingerprint density at radius 2 is 1.28 bits per heavy atom. The Morgan fingerprint density at radius 1 is 0.615 bits per heavy atom. The summed E-state index contributed by atoms with van der Waals surface area (Å²) in [4.78, 5) is 4.82. The Morgan fingerprint density at radius 3 is 2.09 bits per heavy atom. The number of pyridine rings is 1. The summed E-state index contributed by atoms with van der Waals surface area (Å²) in [5, 5.41) is 1.82. The molecule has 4 heterocycles. The quantitative estimate of drug-likeness (QED) is 0.123. The second-order valence-electron chi connectivity index (χ2n) is 20.3. The number of hydrogen-bond donors (Lipinski definition) is 0. The molecule has 0 N–H and O–H groups in total. The first-order valence-corrected chi connectivity index (χ1v) is 24.9. The second-order valence-corrected chi connectivity index (χ2v) is 20.3. The van der Waals surface area contributed by atoms with Crippen molar-refractivity contribution in [2.45, 2.75) is 77.2 Å². The van der Waals surface area contributed by atoms with Crippen LogP contribution in [0.5, 0.6) is 11.5 Å². The minimum absolute atomic E-state index is 0. The molecule has 9 aromatic carbocycles. The van der Waals surface area contributed by atoms with E-state index in [1.807, 2.05) is 47.0 Å². The smallest absolute Gasteiger partial charge is 0.268 e. The van der Waals surface area contributed by atoms with Crippen molar-refractivity contribution in [1.29, 1.82) is 0 Å². The van der Waals surface area contributed by atoms with E-state index in [-0.39, 0.29) is 77.1 Å². The van der Waals surface area contributed by atoms with Gasteiger partial charge in [-0.05, 0) is 131 Å². The summed E-state index contributed by atoms with van der Waals surface area (Å²) in [5.41, 5.74) is -8.03. The molecule has 2 aliphatic rings. The normalized spacial score (nSPS) is 20.5. The van der Waals surface area contributed by atoms with Crippen molar-refractivity contribution in [1.82, 2.24) is 14.1 Å². The largest absolute Gasteiger partial charge is 0.510 e. The molecule has 0 saturated carbocycles. The average molecular weight is 1210 g/mol. The SMILES string of the molecule is [2H]c1c([2H])c([2H])c(-c2cccc3c2-c2cccc4c2[n+]([c-]n4-c2[c-]c(Oc4[c-]c5c(cc4)c4ccccc4n5-c4cc(C(C)(C)C)ccn4)ccc2)-c2c(cccc2-c2c([2H])c([2H])c4c(c2[2H])C(C([2H])([2H])[2H])(C([2H])([2H])[2H])C([2H])([2H])C([2H])([2H])C4(C([2H])([2H])[2H])C([2H])([2H])[2H])-c2ccccc2-3)c([2H])c1[2H].[Pt]. The molecule has 0 saturated heterocycles. The predicted octanol–water partition coefficient (Wildman–Crippen LogP) is 17.9. The number of para-hydroxylation sites is 3. The maximum absolute atomic E-state index is 10.4. The molecular weight excluding hydrogens is 1130 g/mol. The molecule has 12 aromatic rings. The first-order valence-electron chi connectivity index (χ1n) is 36.9. The molecule has 14 rings (SSSR count). The third-order valence-corrected chi connectivity index (χ3v) is 14.4. The average Bonchev–Trinajstić information content (AvgIpc) is 0.810. The zero-order valence-corrected chi connectivity index (χ0v) is 44.2. The summed E-state index contributed by atoms with van der Waals surface area (Å²) in [7, 11) is 0. The van der Waals surface area contributed by atoms with Crippen LogP contribution in [0, 0.1) is 18.5 Å². The fourth-order valence-corrected chi connectivity index (χ4v) is 10.9. The molecule has 6 heteroatoms. The van der Waals surface area contributed by atoms with E-state index < -0.39 is 116 Å². The van der Waals surface area contributed by atoms with E-state index >= 15 is 0 Å². The van der Waals surface area contributed by atoms with Gasteiger partial charge in [-0.2, -0.15) is 18.2 Å². The molecule has 384 valence electrons. The van der Waals surface area contributed by atoms with Crippen LogP contribution in [0.1, 0.15) is 111 Å². The summed E-state index contributed by atoms with van der Waals surface area (Å²) in [6.07, 6.45) is -3.92. The summed E-state index contributed by atoms with van der Waals surface area (Å²) in [5.74, 6) is 1.12. The molecule has 0 amide bonds. The minimum atomic E-state index is -4.60. The number of nitrogens with zero attached hydrogens (tertiary/aromatic N) is 4. The van der Waals surface area contributed by atoms with Gasteiger partial charge in [-0.3, -0.25) is 4.57 Å². The zero-order chi connectivity index (χ0) is 72.9. The number of rotatable bonds is 6. The van der Waals surface area contributed by atoms with Crippen molar-refractivity contribution in [3.8, 4) is 84.3 Å². The number of imidazole rings is 1. The Hall–Kier alpha value is -8.11.